The van der Waals surface area contributed by atoms with Gasteiger partial charge in [0.1, 0.15) is 0 Å². The van der Waals surface area contributed by atoms with E-state index in [4.69, 9.17) is 9.47 Å². The fourth-order valence-corrected chi connectivity index (χ4v) is 2.44. The number of nitrogens with one attached hydrogen (secondary N) is 1. The summed E-state index contributed by atoms with van der Waals surface area (Å²) in [4.78, 5) is 12.2. The molecule has 1 N–H and O–H groups in total. The first-order valence-corrected chi connectivity index (χ1v) is 8.99. The van der Waals surface area contributed by atoms with E-state index >= 15 is 0 Å². The van der Waals surface area contributed by atoms with Gasteiger partial charge >= 0.3 is 0 Å². The number of benzene rings is 2. The molecule has 0 spiro atoms. The van der Waals surface area contributed by atoms with Gasteiger partial charge in [-0.25, -0.2) is 0 Å². The molecule has 0 saturated carbocycles. The molecule has 0 radical (unpaired) electrons. The summed E-state index contributed by atoms with van der Waals surface area (Å²) in [7, 11) is 0. The Bertz CT molecular complexity index is 781. The molecule has 0 heterocycles. The van der Waals surface area contributed by atoms with Crippen LogP contribution < -0.4 is 14.8 Å². The molecule has 0 aliphatic rings. The number of aryl methyl sites for hydroxylation is 2. The Morgan fingerprint density at radius 3 is 2.58 bits per heavy atom. The van der Waals surface area contributed by atoms with Gasteiger partial charge in [-0.1, -0.05) is 25.1 Å². The maximum atomic E-state index is 12.2. The molecule has 4 nitrogen and oxygen atoms in total. The number of carbonyl (C=O) groups is 1. The second kappa shape index (κ2) is 9.66. The number of rotatable bonds is 8. The average molecular weight is 353 g/mol. The van der Waals surface area contributed by atoms with Crippen molar-refractivity contribution in [3.05, 3.63) is 59.2 Å². The zero-order chi connectivity index (χ0) is 18.9. The summed E-state index contributed by atoms with van der Waals surface area (Å²) in [6.07, 6.45) is 4.23. The Labute approximate surface area is 155 Å². The lowest BCUT2D eigenvalue weighted by molar-refractivity contribution is -0.111. The van der Waals surface area contributed by atoms with E-state index in [0.29, 0.717) is 19.0 Å². The highest BCUT2D eigenvalue weighted by Crippen LogP contribution is 2.29. The normalized spacial score (nSPS) is 10.8. The molecule has 26 heavy (non-hydrogen) atoms. The van der Waals surface area contributed by atoms with Crippen LogP contribution in [-0.4, -0.2) is 19.1 Å². The van der Waals surface area contributed by atoms with Crippen LogP contribution in [0, 0.1) is 13.8 Å². The molecule has 0 fully saturated rings. The highest BCUT2D eigenvalue weighted by atomic mass is 16.5. The fraction of sp³-hybridized carbons (Fsp3) is 0.318. The van der Waals surface area contributed by atoms with Crippen LogP contribution in [0.2, 0.25) is 0 Å². The van der Waals surface area contributed by atoms with Crippen molar-refractivity contribution in [2.24, 2.45) is 0 Å². The molecule has 0 aliphatic heterocycles. The van der Waals surface area contributed by atoms with Crippen LogP contribution in [0.5, 0.6) is 11.5 Å². The van der Waals surface area contributed by atoms with Gasteiger partial charge in [0.25, 0.3) is 0 Å². The van der Waals surface area contributed by atoms with Crippen LogP contribution in [0.1, 0.15) is 37.0 Å². The molecule has 138 valence electrons. The smallest absolute Gasteiger partial charge is 0.248 e. The van der Waals surface area contributed by atoms with Gasteiger partial charge in [-0.2, -0.15) is 0 Å². The molecule has 2 aromatic carbocycles. The molecule has 0 unspecified atom stereocenters. The summed E-state index contributed by atoms with van der Waals surface area (Å²) in [5.74, 6) is 1.26. The Morgan fingerprint density at radius 2 is 1.85 bits per heavy atom. The average Bonchev–Trinajstić information content (AvgIpc) is 2.62. The standard InChI is InChI=1S/C22H27NO3/c1-5-13-26-20-11-9-18(15-21(20)25-6-2)10-12-22(24)23-19-14-16(3)7-8-17(19)4/h7-12,14-15H,5-6,13H2,1-4H3,(H,23,24)/b12-10+. The molecule has 2 rings (SSSR count). The lowest BCUT2D eigenvalue weighted by atomic mass is 10.1. The first kappa shape index (κ1) is 19.6. The first-order valence-electron chi connectivity index (χ1n) is 8.99. The fourth-order valence-electron chi connectivity index (χ4n) is 2.44. The lowest BCUT2D eigenvalue weighted by Gasteiger charge is -2.12. The van der Waals surface area contributed by atoms with Gasteiger partial charge in [-0.15, -0.1) is 0 Å². The summed E-state index contributed by atoms with van der Waals surface area (Å²) in [5, 5.41) is 2.92. The Kier molecular flexibility index (Phi) is 7.27. The summed E-state index contributed by atoms with van der Waals surface area (Å²) < 4.78 is 11.3. The van der Waals surface area contributed by atoms with Gasteiger partial charge in [0.05, 0.1) is 13.2 Å². The number of hydrogen-bond acceptors (Lipinski definition) is 3. The molecule has 2 aromatic rings. The monoisotopic (exact) mass is 353 g/mol. The Balaban J connectivity index is 2.09. The van der Waals surface area contributed by atoms with Gasteiger partial charge in [-0.05, 0) is 68.2 Å². The Hall–Kier alpha value is -2.75. The van der Waals surface area contributed by atoms with E-state index in [9.17, 15) is 4.79 Å². The highest BCUT2D eigenvalue weighted by molar-refractivity contribution is 6.02. The quantitative estimate of drug-likeness (QED) is 0.668. The topological polar surface area (TPSA) is 47.6 Å². The van der Waals surface area contributed by atoms with Crippen LogP contribution >= 0.6 is 0 Å². The molecule has 0 aliphatic carbocycles. The van der Waals surface area contributed by atoms with Gasteiger partial charge in [0.2, 0.25) is 5.91 Å². The maximum absolute atomic E-state index is 12.2. The van der Waals surface area contributed by atoms with Crippen LogP contribution in [0.25, 0.3) is 6.08 Å². The highest BCUT2D eigenvalue weighted by Gasteiger charge is 2.06. The number of carbonyl (C=O) groups excluding carboxylic acids is 1. The van der Waals surface area contributed by atoms with E-state index in [-0.39, 0.29) is 5.91 Å². The molecular weight excluding hydrogens is 326 g/mol. The van der Waals surface area contributed by atoms with E-state index in [1.54, 1.807) is 6.08 Å². The zero-order valence-corrected chi connectivity index (χ0v) is 16.0. The van der Waals surface area contributed by atoms with E-state index in [2.05, 4.69) is 12.2 Å². The molecular formula is C22H27NO3. The first-order chi connectivity index (χ1) is 12.5. The van der Waals surface area contributed by atoms with Crippen molar-refractivity contribution in [1.82, 2.24) is 0 Å². The summed E-state index contributed by atoms with van der Waals surface area (Å²) in [6.45, 7) is 9.18. The maximum Gasteiger partial charge on any atom is 0.248 e. The van der Waals surface area contributed by atoms with Gasteiger partial charge in [0, 0.05) is 11.8 Å². The second-order valence-corrected chi connectivity index (χ2v) is 6.13. The van der Waals surface area contributed by atoms with Crippen molar-refractivity contribution in [1.29, 1.82) is 0 Å². The molecule has 0 atom stereocenters. The minimum absolute atomic E-state index is 0.164. The number of ether oxygens (including phenoxy) is 2. The van der Waals surface area contributed by atoms with Gasteiger partial charge < -0.3 is 14.8 Å². The predicted octanol–water partition coefficient (Wildman–Crippen LogP) is 5.14. The number of hydrogen-bond donors (Lipinski definition) is 1. The van der Waals surface area contributed by atoms with Crippen LogP contribution in [0.15, 0.2) is 42.5 Å². The van der Waals surface area contributed by atoms with Crippen molar-refractivity contribution in [3.63, 3.8) is 0 Å². The van der Waals surface area contributed by atoms with Crippen LogP contribution in [0.4, 0.5) is 5.69 Å². The second-order valence-electron chi connectivity index (χ2n) is 6.13. The molecule has 0 saturated heterocycles. The van der Waals surface area contributed by atoms with Crippen molar-refractivity contribution in [3.8, 4) is 11.5 Å². The Morgan fingerprint density at radius 1 is 1.04 bits per heavy atom. The molecule has 0 aromatic heterocycles. The van der Waals surface area contributed by atoms with E-state index < -0.39 is 0 Å². The van der Waals surface area contributed by atoms with Crippen LogP contribution in [-0.2, 0) is 4.79 Å². The van der Waals surface area contributed by atoms with E-state index in [0.717, 1.165) is 34.5 Å². The van der Waals surface area contributed by atoms with Gasteiger partial charge in [-0.3, -0.25) is 4.79 Å². The number of amides is 1. The van der Waals surface area contributed by atoms with E-state index in [1.807, 2.05) is 57.2 Å². The van der Waals surface area contributed by atoms with E-state index in [1.165, 1.54) is 6.08 Å². The molecule has 0 bridgehead atoms. The third-order valence-electron chi connectivity index (χ3n) is 3.81. The molecule has 4 heteroatoms. The summed E-state index contributed by atoms with van der Waals surface area (Å²) >= 11 is 0. The lowest BCUT2D eigenvalue weighted by Crippen LogP contribution is -2.09. The summed E-state index contributed by atoms with van der Waals surface area (Å²) in [6, 6.07) is 11.7. The van der Waals surface area contributed by atoms with Gasteiger partial charge in [0.15, 0.2) is 11.5 Å². The third-order valence-corrected chi connectivity index (χ3v) is 3.81. The van der Waals surface area contributed by atoms with Crippen LogP contribution in [0.3, 0.4) is 0 Å². The van der Waals surface area contributed by atoms with Crippen molar-refractivity contribution in [2.45, 2.75) is 34.1 Å². The predicted molar refractivity (Wildman–Crippen MR) is 107 cm³/mol. The third kappa shape index (κ3) is 5.66. The largest absolute Gasteiger partial charge is 0.490 e. The SMILES string of the molecule is CCCOc1ccc(/C=C/C(=O)Nc2cc(C)ccc2C)cc1OCC. The van der Waals surface area contributed by atoms with Crippen molar-refractivity contribution >= 4 is 17.7 Å². The zero-order valence-electron chi connectivity index (χ0n) is 16.0. The summed E-state index contributed by atoms with van der Waals surface area (Å²) in [5.41, 5.74) is 3.86. The minimum Gasteiger partial charge on any atom is -0.490 e. The minimum atomic E-state index is -0.164. The van der Waals surface area contributed by atoms with Crippen molar-refractivity contribution < 1.29 is 14.3 Å². The molecule has 1 amide bonds. The van der Waals surface area contributed by atoms with Crippen molar-refractivity contribution in [2.75, 3.05) is 18.5 Å². The number of anilines is 1.